The van der Waals surface area contributed by atoms with Gasteiger partial charge in [0.2, 0.25) is 0 Å². The second-order valence-corrected chi connectivity index (χ2v) is 6.14. The molecule has 1 N–H and O–H groups in total. The maximum atomic E-state index is 12.3. The Balaban J connectivity index is 1.72. The summed E-state index contributed by atoms with van der Waals surface area (Å²) in [4.78, 5) is 18.4. The van der Waals surface area contributed by atoms with Crippen LogP contribution in [0.1, 0.15) is 19.0 Å². The van der Waals surface area contributed by atoms with Gasteiger partial charge in [0.25, 0.3) is 5.91 Å². The van der Waals surface area contributed by atoms with Gasteiger partial charge in [0.1, 0.15) is 5.65 Å². The van der Waals surface area contributed by atoms with E-state index in [1.807, 2.05) is 19.1 Å². The maximum absolute atomic E-state index is 12.3. The molecule has 1 amide bonds. The Kier molecular flexibility index (Phi) is 4.84. The average molecular weight is 338 g/mol. The van der Waals surface area contributed by atoms with Gasteiger partial charge in [-0.05, 0) is 18.6 Å². The zero-order valence-electron chi connectivity index (χ0n) is 13.0. The van der Waals surface area contributed by atoms with Gasteiger partial charge in [0, 0.05) is 37.0 Å². The minimum Gasteiger partial charge on any atom is -0.381 e. The van der Waals surface area contributed by atoms with Crippen LogP contribution in [0, 0.1) is 0 Å². The van der Waals surface area contributed by atoms with E-state index in [9.17, 15) is 9.90 Å². The number of nitrogens with zero attached hydrogens (tertiary/aromatic N) is 3. The minimum atomic E-state index is -1.11. The number of fused-ring (bicyclic) bond motifs is 3. The van der Waals surface area contributed by atoms with E-state index in [4.69, 9.17) is 16.3 Å². The Labute approximate surface area is 139 Å². The van der Waals surface area contributed by atoms with Crippen LogP contribution >= 0.6 is 11.6 Å². The number of hydrogen-bond acceptors (Lipinski definition) is 4. The zero-order chi connectivity index (χ0) is 16.4. The Morgan fingerprint density at radius 2 is 2.30 bits per heavy atom. The molecule has 0 unspecified atom stereocenters. The first-order valence-electron chi connectivity index (χ1n) is 7.78. The highest BCUT2D eigenvalue weighted by Crippen LogP contribution is 2.25. The van der Waals surface area contributed by atoms with Crippen LogP contribution in [0.3, 0.4) is 0 Å². The van der Waals surface area contributed by atoms with E-state index >= 15 is 0 Å². The molecule has 1 aliphatic heterocycles. The molecule has 0 fully saturated rings. The number of aliphatic hydroxyl groups is 1. The van der Waals surface area contributed by atoms with Gasteiger partial charge in [-0.1, -0.05) is 18.5 Å². The van der Waals surface area contributed by atoms with Crippen LogP contribution < -0.4 is 0 Å². The van der Waals surface area contributed by atoms with E-state index in [0.29, 0.717) is 31.3 Å². The van der Waals surface area contributed by atoms with E-state index in [0.717, 1.165) is 23.1 Å². The van der Waals surface area contributed by atoms with Gasteiger partial charge in [-0.2, -0.15) is 0 Å². The lowest BCUT2D eigenvalue weighted by Gasteiger charge is -2.30. The molecule has 0 bridgehead atoms. The van der Waals surface area contributed by atoms with Crippen LogP contribution in [0.2, 0.25) is 5.02 Å². The summed E-state index contributed by atoms with van der Waals surface area (Å²) in [6.45, 7) is 4.23. The van der Waals surface area contributed by atoms with E-state index in [1.54, 1.807) is 11.1 Å². The van der Waals surface area contributed by atoms with Gasteiger partial charge in [-0.15, -0.1) is 0 Å². The number of pyridine rings is 1. The number of amides is 1. The second kappa shape index (κ2) is 6.86. The summed E-state index contributed by atoms with van der Waals surface area (Å²) in [7, 11) is 0. The lowest BCUT2D eigenvalue weighted by molar-refractivity contribution is -0.144. The number of carbonyl (C=O) groups excluding carboxylic acids is 1. The molecule has 0 aromatic carbocycles. The molecule has 2 aromatic rings. The molecular weight excluding hydrogens is 318 g/mol. The van der Waals surface area contributed by atoms with E-state index < -0.39 is 6.10 Å². The van der Waals surface area contributed by atoms with Crippen LogP contribution in [0.4, 0.5) is 0 Å². The summed E-state index contributed by atoms with van der Waals surface area (Å²) in [5.74, 6) is -0.288. The number of carbonyl (C=O) groups is 1. The molecule has 3 heterocycles. The third-order valence-electron chi connectivity index (χ3n) is 3.95. The normalized spacial score (nSPS) is 15.7. The zero-order valence-corrected chi connectivity index (χ0v) is 13.8. The molecule has 1 aliphatic rings. The standard InChI is InChI=1S/C16H20ClN3O3/c1-2-5-23-10-14(21)16(22)19-3-4-20-13(9-19)7-11-6-12(17)8-18-15(11)20/h6-8,14,21H,2-5,9-10H2,1H3/t14-/m0/s1. The van der Waals surface area contributed by atoms with Gasteiger partial charge < -0.3 is 19.3 Å². The van der Waals surface area contributed by atoms with Gasteiger partial charge >= 0.3 is 0 Å². The Bertz CT molecular complexity index is 716. The molecule has 0 saturated heterocycles. The van der Waals surface area contributed by atoms with Crippen molar-refractivity contribution in [2.75, 3.05) is 19.8 Å². The number of halogens is 1. The third kappa shape index (κ3) is 3.34. The molecule has 3 rings (SSSR count). The number of aromatic nitrogens is 2. The largest absolute Gasteiger partial charge is 0.381 e. The highest BCUT2D eigenvalue weighted by molar-refractivity contribution is 6.31. The molecule has 1 atom stereocenters. The molecule has 2 aromatic heterocycles. The summed E-state index contributed by atoms with van der Waals surface area (Å²) in [5, 5.41) is 11.5. The first kappa shape index (κ1) is 16.2. The highest BCUT2D eigenvalue weighted by Gasteiger charge is 2.27. The highest BCUT2D eigenvalue weighted by atomic mass is 35.5. The number of aliphatic hydroxyl groups excluding tert-OH is 1. The van der Waals surface area contributed by atoms with Crippen molar-refractivity contribution in [2.24, 2.45) is 0 Å². The van der Waals surface area contributed by atoms with Gasteiger partial charge in [0.05, 0.1) is 18.2 Å². The predicted molar refractivity (Wildman–Crippen MR) is 87.3 cm³/mol. The van der Waals surface area contributed by atoms with E-state index in [2.05, 4.69) is 9.55 Å². The number of ether oxygens (including phenoxy) is 1. The Morgan fingerprint density at radius 1 is 1.48 bits per heavy atom. The number of rotatable bonds is 5. The Morgan fingerprint density at radius 3 is 3.09 bits per heavy atom. The van der Waals surface area contributed by atoms with Crippen molar-refractivity contribution in [1.29, 1.82) is 0 Å². The van der Waals surface area contributed by atoms with Gasteiger partial charge in [-0.3, -0.25) is 4.79 Å². The molecule has 7 heteroatoms. The lowest BCUT2D eigenvalue weighted by Crippen LogP contribution is -2.45. The summed E-state index contributed by atoms with van der Waals surface area (Å²) < 4.78 is 7.35. The second-order valence-electron chi connectivity index (χ2n) is 5.70. The molecule has 6 nitrogen and oxygen atoms in total. The van der Waals surface area contributed by atoms with Gasteiger partial charge in [0.15, 0.2) is 6.10 Å². The van der Waals surface area contributed by atoms with Crippen LogP contribution in [-0.4, -0.2) is 51.3 Å². The molecule has 124 valence electrons. The molecular formula is C16H20ClN3O3. The first-order valence-corrected chi connectivity index (χ1v) is 8.16. The lowest BCUT2D eigenvalue weighted by atomic mass is 10.2. The van der Waals surface area contributed by atoms with Crippen LogP contribution in [0.5, 0.6) is 0 Å². The molecule has 0 saturated carbocycles. The average Bonchev–Trinajstić information content (AvgIpc) is 2.90. The van der Waals surface area contributed by atoms with Crippen LogP contribution in [0.15, 0.2) is 18.3 Å². The fourth-order valence-corrected chi connectivity index (χ4v) is 3.02. The smallest absolute Gasteiger partial charge is 0.254 e. The van der Waals surface area contributed by atoms with Crippen molar-refractivity contribution in [3.8, 4) is 0 Å². The number of hydrogen-bond donors (Lipinski definition) is 1. The first-order chi connectivity index (χ1) is 11.1. The van der Waals surface area contributed by atoms with Crippen molar-refractivity contribution >= 4 is 28.5 Å². The third-order valence-corrected chi connectivity index (χ3v) is 4.16. The Hall–Kier alpha value is -1.63. The van der Waals surface area contributed by atoms with E-state index in [1.165, 1.54) is 0 Å². The molecule has 0 spiro atoms. The van der Waals surface area contributed by atoms with Crippen molar-refractivity contribution in [3.63, 3.8) is 0 Å². The monoisotopic (exact) mass is 337 g/mol. The quantitative estimate of drug-likeness (QED) is 0.845. The summed E-state index contributed by atoms with van der Waals surface area (Å²) >= 11 is 5.98. The predicted octanol–water partition coefficient (Wildman–Crippen LogP) is 1.82. The molecule has 0 radical (unpaired) electrons. The summed E-state index contributed by atoms with van der Waals surface area (Å²) in [6.07, 6.45) is 1.38. The fourth-order valence-electron chi connectivity index (χ4n) is 2.86. The van der Waals surface area contributed by atoms with Crippen LogP contribution in [0.25, 0.3) is 11.0 Å². The SMILES string of the molecule is CCCOC[C@H](O)C(=O)N1CCn2c(cc3cc(Cl)cnc32)C1. The minimum absolute atomic E-state index is 0.0450. The van der Waals surface area contributed by atoms with Crippen molar-refractivity contribution in [2.45, 2.75) is 32.5 Å². The molecule has 23 heavy (non-hydrogen) atoms. The van der Waals surface area contributed by atoms with Crippen molar-refractivity contribution < 1.29 is 14.6 Å². The summed E-state index contributed by atoms with van der Waals surface area (Å²) in [6, 6.07) is 3.86. The summed E-state index contributed by atoms with van der Waals surface area (Å²) in [5.41, 5.74) is 1.87. The maximum Gasteiger partial charge on any atom is 0.254 e. The van der Waals surface area contributed by atoms with Crippen molar-refractivity contribution in [3.05, 3.63) is 29.0 Å². The van der Waals surface area contributed by atoms with Crippen LogP contribution in [-0.2, 0) is 22.6 Å². The van der Waals surface area contributed by atoms with E-state index in [-0.39, 0.29) is 12.5 Å². The fraction of sp³-hybridized carbons (Fsp3) is 0.500. The molecule has 0 aliphatic carbocycles. The topological polar surface area (TPSA) is 67.6 Å². The van der Waals surface area contributed by atoms with Gasteiger partial charge in [-0.25, -0.2) is 4.98 Å². The van der Waals surface area contributed by atoms with Crippen molar-refractivity contribution in [1.82, 2.24) is 14.5 Å².